The van der Waals surface area contributed by atoms with Crippen LogP contribution in [0.4, 0.5) is 4.79 Å². The molecule has 0 saturated carbocycles. The summed E-state index contributed by atoms with van der Waals surface area (Å²) in [4.78, 5) is 23.7. The Morgan fingerprint density at radius 3 is 2.62 bits per heavy atom. The van der Waals surface area contributed by atoms with E-state index in [9.17, 15) is 14.7 Å². The van der Waals surface area contributed by atoms with Gasteiger partial charge < -0.3 is 19.9 Å². The summed E-state index contributed by atoms with van der Waals surface area (Å²) in [6.07, 6.45) is -1.33. The van der Waals surface area contributed by atoms with E-state index >= 15 is 0 Å². The summed E-state index contributed by atoms with van der Waals surface area (Å²) >= 11 is 7.24. The Labute approximate surface area is 150 Å². The number of nitrogens with one attached hydrogen (secondary N) is 1. The molecule has 0 fully saturated rings. The van der Waals surface area contributed by atoms with Crippen molar-refractivity contribution >= 4 is 35.4 Å². The number of ether oxygens (including phenoxy) is 2. The van der Waals surface area contributed by atoms with E-state index in [4.69, 9.17) is 21.1 Å². The van der Waals surface area contributed by atoms with E-state index < -0.39 is 18.2 Å². The van der Waals surface area contributed by atoms with Crippen molar-refractivity contribution in [1.29, 1.82) is 0 Å². The zero-order valence-electron chi connectivity index (χ0n) is 13.3. The zero-order chi connectivity index (χ0) is 17.9. The number of esters is 1. The second-order valence-electron chi connectivity index (χ2n) is 4.82. The average molecular weight is 374 g/mol. The van der Waals surface area contributed by atoms with E-state index in [-0.39, 0.29) is 25.3 Å². The molecule has 1 aromatic rings. The Balaban J connectivity index is 2.26. The molecule has 1 rings (SSSR count). The molecular weight excluding hydrogens is 354 g/mol. The topological polar surface area (TPSA) is 84.9 Å². The number of thioether (sulfide) groups is 1. The molecule has 0 saturated heterocycles. The van der Waals surface area contributed by atoms with Crippen LogP contribution in [0.15, 0.2) is 41.3 Å². The third-order valence-corrected chi connectivity index (χ3v) is 4.08. The van der Waals surface area contributed by atoms with Crippen molar-refractivity contribution in [2.24, 2.45) is 0 Å². The van der Waals surface area contributed by atoms with Crippen LogP contribution in [0.5, 0.6) is 0 Å². The second kappa shape index (κ2) is 11.0. The van der Waals surface area contributed by atoms with Crippen LogP contribution in [0, 0.1) is 0 Å². The molecule has 1 unspecified atom stereocenters. The first-order chi connectivity index (χ1) is 11.4. The van der Waals surface area contributed by atoms with Crippen molar-refractivity contribution in [3.05, 3.63) is 41.4 Å². The molecule has 0 spiro atoms. The number of benzene rings is 1. The SMILES string of the molecule is C=C(C)C(=O)OCCNC(=O)OC(CO)CSc1ccc(Cl)cc1. The summed E-state index contributed by atoms with van der Waals surface area (Å²) in [6.45, 7) is 4.82. The summed E-state index contributed by atoms with van der Waals surface area (Å²) in [5.74, 6) is -0.117. The summed E-state index contributed by atoms with van der Waals surface area (Å²) in [5.41, 5.74) is 0.289. The van der Waals surface area contributed by atoms with Crippen molar-refractivity contribution in [2.75, 3.05) is 25.5 Å². The predicted octanol–water partition coefficient (Wildman–Crippen LogP) is 2.64. The van der Waals surface area contributed by atoms with Crippen molar-refractivity contribution in [1.82, 2.24) is 5.32 Å². The van der Waals surface area contributed by atoms with Gasteiger partial charge in [-0.05, 0) is 31.2 Å². The normalized spacial score (nSPS) is 11.5. The van der Waals surface area contributed by atoms with Crippen LogP contribution in [-0.4, -0.2) is 48.8 Å². The van der Waals surface area contributed by atoms with Gasteiger partial charge in [0.05, 0.1) is 13.2 Å². The number of amides is 1. The Morgan fingerprint density at radius 1 is 1.38 bits per heavy atom. The molecule has 132 valence electrons. The molecule has 0 radical (unpaired) electrons. The number of hydrogen-bond donors (Lipinski definition) is 2. The minimum absolute atomic E-state index is 0.0180. The molecule has 0 heterocycles. The van der Waals surface area contributed by atoms with Gasteiger partial charge in [-0.25, -0.2) is 9.59 Å². The maximum absolute atomic E-state index is 11.6. The van der Waals surface area contributed by atoms with E-state index in [1.807, 2.05) is 12.1 Å². The molecule has 24 heavy (non-hydrogen) atoms. The highest BCUT2D eigenvalue weighted by molar-refractivity contribution is 7.99. The van der Waals surface area contributed by atoms with Gasteiger partial charge in [-0.3, -0.25) is 0 Å². The number of carbonyl (C=O) groups excluding carboxylic acids is 2. The average Bonchev–Trinajstić information content (AvgIpc) is 2.56. The highest BCUT2D eigenvalue weighted by atomic mass is 35.5. The van der Waals surface area contributed by atoms with Gasteiger partial charge in [0.25, 0.3) is 0 Å². The molecule has 8 heteroatoms. The number of halogens is 1. The lowest BCUT2D eigenvalue weighted by atomic mass is 10.4. The van der Waals surface area contributed by atoms with E-state index in [1.54, 1.807) is 12.1 Å². The zero-order valence-corrected chi connectivity index (χ0v) is 14.9. The highest BCUT2D eigenvalue weighted by Crippen LogP contribution is 2.21. The van der Waals surface area contributed by atoms with Gasteiger partial charge in [0.1, 0.15) is 12.7 Å². The second-order valence-corrected chi connectivity index (χ2v) is 6.35. The molecule has 0 bridgehead atoms. The minimum Gasteiger partial charge on any atom is -0.460 e. The van der Waals surface area contributed by atoms with E-state index in [0.29, 0.717) is 10.8 Å². The van der Waals surface area contributed by atoms with Crippen molar-refractivity contribution < 1.29 is 24.2 Å². The van der Waals surface area contributed by atoms with Gasteiger partial charge in [-0.1, -0.05) is 18.2 Å². The quantitative estimate of drug-likeness (QED) is 0.299. The van der Waals surface area contributed by atoms with Crippen LogP contribution in [0.25, 0.3) is 0 Å². The number of carbonyl (C=O) groups is 2. The lowest BCUT2D eigenvalue weighted by Gasteiger charge is -2.15. The molecule has 6 nitrogen and oxygen atoms in total. The monoisotopic (exact) mass is 373 g/mol. The van der Waals surface area contributed by atoms with E-state index in [1.165, 1.54) is 18.7 Å². The standard InChI is InChI=1S/C16H20ClNO5S/c1-11(2)15(20)22-8-7-18-16(21)23-13(9-19)10-24-14-5-3-12(17)4-6-14/h3-6,13,19H,1,7-10H2,2H3,(H,18,21). The first-order valence-electron chi connectivity index (χ1n) is 7.18. The van der Waals surface area contributed by atoms with Gasteiger partial charge in [0.15, 0.2) is 0 Å². The first-order valence-corrected chi connectivity index (χ1v) is 8.55. The Kier molecular flexibility index (Phi) is 9.29. The smallest absolute Gasteiger partial charge is 0.407 e. The number of alkyl carbamates (subject to hydrolysis) is 1. The molecule has 0 aromatic heterocycles. The molecule has 1 amide bonds. The lowest BCUT2D eigenvalue weighted by Crippen LogP contribution is -2.34. The molecule has 2 N–H and O–H groups in total. The summed E-state index contributed by atoms with van der Waals surface area (Å²) in [6, 6.07) is 7.21. The predicted molar refractivity (Wildman–Crippen MR) is 93.3 cm³/mol. The number of aliphatic hydroxyl groups excluding tert-OH is 1. The number of hydrogen-bond acceptors (Lipinski definition) is 6. The maximum Gasteiger partial charge on any atom is 0.407 e. The van der Waals surface area contributed by atoms with Crippen molar-refractivity contribution in [3.63, 3.8) is 0 Å². The fourth-order valence-corrected chi connectivity index (χ4v) is 2.46. The molecule has 0 aliphatic carbocycles. The van der Waals surface area contributed by atoms with Crippen molar-refractivity contribution in [2.45, 2.75) is 17.9 Å². The molecular formula is C16H20ClNO5S. The van der Waals surface area contributed by atoms with Gasteiger partial charge >= 0.3 is 12.1 Å². The van der Waals surface area contributed by atoms with Gasteiger partial charge in [0, 0.05) is 21.2 Å². The Morgan fingerprint density at radius 2 is 2.04 bits per heavy atom. The summed E-state index contributed by atoms with van der Waals surface area (Å²) < 4.78 is 9.92. The molecule has 1 atom stereocenters. The minimum atomic E-state index is -0.683. The van der Waals surface area contributed by atoms with E-state index in [2.05, 4.69) is 11.9 Å². The third kappa shape index (κ3) is 8.24. The van der Waals surface area contributed by atoms with Crippen LogP contribution >= 0.6 is 23.4 Å². The van der Waals surface area contributed by atoms with Crippen LogP contribution in [0.2, 0.25) is 5.02 Å². The van der Waals surface area contributed by atoms with Gasteiger partial charge in [-0.15, -0.1) is 11.8 Å². The number of aliphatic hydroxyl groups is 1. The molecule has 0 aliphatic rings. The van der Waals surface area contributed by atoms with Crippen LogP contribution in [0.1, 0.15) is 6.92 Å². The van der Waals surface area contributed by atoms with Crippen LogP contribution < -0.4 is 5.32 Å². The van der Waals surface area contributed by atoms with Crippen LogP contribution in [-0.2, 0) is 14.3 Å². The maximum atomic E-state index is 11.6. The van der Waals surface area contributed by atoms with Gasteiger partial charge in [0.2, 0.25) is 0 Å². The van der Waals surface area contributed by atoms with Gasteiger partial charge in [-0.2, -0.15) is 0 Å². The molecule has 1 aromatic carbocycles. The summed E-state index contributed by atoms with van der Waals surface area (Å²) in [7, 11) is 0. The Hall–Kier alpha value is -1.70. The van der Waals surface area contributed by atoms with Crippen molar-refractivity contribution in [3.8, 4) is 0 Å². The van der Waals surface area contributed by atoms with Crippen LogP contribution in [0.3, 0.4) is 0 Å². The lowest BCUT2D eigenvalue weighted by molar-refractivity contribution is -0.138. The third-order valence-electron chi connectivity index (χ3n) is 2.68. The largest absolute Gasteiger partial charge is 0.460 e. The fraction of sp³-hybridized carbons (Fsp3) is 0.375. The molecule has 0 aliphatic heterocycles. The fourth-order valence-electron chi connectivity index (χ4n) is 1.46. The number of rotatable bonds is 9. The first kappa shape index (κ1) is 20.3. The highest BCUT2D eigenvalue weighted by Gasteiger charge is 2.14. The van der Waals surface area contributed by atoms with E-state index in [0.717, 1.165) is 4.90 Å². The summed E-state index contributed by atoms with van der Waals surface area (Å²) in [5, 5.41) is 12.4. The Bertz CT molecular complexity index is 564.